The van der Waals surface area contributed by atoms with E-state index in [2.05, 4.69) is 10.2 Å². The molecule has 0 radical (unpaired) electrons. The highest BCUT2D eigenvalue weighted by atomic mass is 32.2. The monoisotopic (exact) mass is 308 g/mol. The molecule has 0 unspecified atom stereocenters. The average Bonchev–Trinajstić information content (AvgIpc) is 2.85. The first-order chi connectivity index (χ1) is 10.3. The molecule has 0 aliphatic heterocycles. The Kier molecular flexibility index (Phi) is 5.89. The number of nitrogens with two attached hydrogens (primary N) is 1. The van der Waals surface area contributed by atoms with Gasteiger partial charge in [0.05, 0.1) is 13.7 Å². The highest BCUT2D eigenvalue weighted by Crippen LogP contribution is 2.26. The van der Waals surface area contributed by atoms with Gasteiger partial charge in [-0.05, 0) is 19.1 Å². The Morgan fingerprint density at radius 1 is 1.24 bits per heavy atom. The molecule has 0 aliphatic carbocycles. The second-order valence-corrected chi connectivity index (χ2v) is 5.38. The Hall–Kier alpha value is -1.73. The van der Waals surface area contributed by atoms with Crippen LogP contribution in [0.5, 0.6) is 11.5 Å². The van der Waals surface area contributed by atoms with Gasteiger partial charge in [-0.2, -0.15) is 0 Å². The van der Waals surface area contributed by atoms with Gasteiger partial charge in [0.1, 0.15) is 5.82 Å². The summed E-state index contributed by atoms with van der Waals surface area (Å²) in [4.78, 5) is 0. The predicted octanol–water partition coefficient (Wildman–Crippen LogP) is 1.72. The number of methoxy groups -OCH3 is 1. The number of nitrogens with zero attached hydrogens (tertiary/aromatic N) is 3. The molecule has 21 heavy (non-hydrogen) atoms. The molecule has 0 bridgehead atoms. The van der Waals surface area contributed by atoms with Crippen molar-refractivity contribution in [3.05, 3.63) is 30.1 Å². The van der Waals surface area contributed by atoms with Gasteiger partial charge >= 0.3 is 0 Å². The molecule has 2 aromatic rings. The van der Waals surface area contributed by atoms with Crippen LogP contribution >= 0.6 is 11.8 Å². The van der Waals surface area contributed by atoms with E-state index in [0.717, 1.165) is 34.8 Å². The summed E-state index contributed by atoms with van der Waals surface area (Å²) >= 11 is 1.61. The van der Waals surface area contributed by atoms with Crippen LogP contribution < -0.4 is 15.2 Å². The normalized spacial score (nSPS) is 10.6. The third-order valence-corrected chi connectivity index (χ3v) is 3.83. The molecule has 0 spiro atoms. The van der Waals surface area contributed by atoms with E-state index in [4.69, 9.17) is 15.2 Å². The van der Waals surface area contributed by atoms with E-state index >= 15 is 0 Å². The molecule has 2 N–H and O–H groups in total. The van der Waals surface area contributed by atoms with Crippen LogP contribution in [0, 0.1) is 6.92 Å². The van der Waals surface area contributed by atoms with Gasteiger partial charge < -0.3 is 19.8 Å². The van der Waals surface area contributed by atoms with Crippen molar-refractivity contribution in [3.8, 4) is 11.5 Å². The van der Waals surface area contributed by atoms with Crippen molar-refractivity contribution in [2.45, 2.75) is 18.6 Å². The summed E-state index contributed by atoms with van der Waals surface area (Å²) in [6, 6.07) is 7.61. The van der Waals surface area contributed by atoms with Gasteiger partial charge in [-0.25, -0.2) is 0 Å². The van der Waals surface area contributed by atoms with E-state index in [1.54, 1.807) is 18.9 Å². The fourth-order valence-corrected chi connectivity index (χ4v) is 2.70. The third-order valence-electron chi connectivity index (χ3n) is 2.90. The first kappa shape index (κ1) is 15.7. The van der Waals surface area contributed by atoms with Crippen LogP contribution in [-0.4, -0.2) is 40.8 Å². The number of ether oxygens (including phenoxy) is 2. The molecule has 1 aromatic heterocycles. The summed E-state index contributed by atoms with van der Waals surface area (Å²) in [6.45, 7) is 3.80. The van der Waals surface area contributed by atoms with Gasteiger partial charge in [0.15, 0.2) is 16.7 Å². The summed E-state index contributed by atoms with van der Waals surface area (Å²) in [5.74, 6) is 3.15. The Balaban J connectivity index is 1.85. The molecule has 1 heterocycles. The fourth-order valence-electron chi connectivity index (χ4n) is 1.88. The van der Waals surface area contributed by atoms with E-state index in [9.17, 15) is 0 Å². The number of aromatic nitrogens is 3. The molecule has 0 atom stereocenters. The molecule has 1 aromatic carbocycles. The van der Waals surface area contributed by atoms with E-state index in [1.165, 1.54) is 0 Å². The predicted molar refractivity (Wildman–Crippen MR) is 83.0 cm³/mol. The summed E-state index contributed by atoms with van der Waals surface area (Å²) in [7, 11) is 1.63. The molecule has 6 nitrogen and oxygen atoms in total. The van der Waals surface area contributed by atoms with Gasteiger partial charge in [0.2, 0.25) is 0 Å². The summed E-state index contributed by atoms with van der Waals surface area (Å²) in [5.41, 5.74) is 5.60. The lowest BCUT2D eigenvalue weighted by Crippen LogP contribution is -2.12. The maximum absolute atomic E-state index is 5.73. The first-order valence-electron chi connectivity index (χ1n) is 6.74. The fraction of sp³-hybridized carbons (Fsp3) is 0.429. The minimum Gasteiger partial charge on any atom is -0.493 e. The molecule has 2 rings (SSSR count). The minimum absolute atomic E-state index is 0.569. The zero-order valence-electron chi connectivity index (χ0n) is 12.3. The van der Waals surface area contributed by atoms with Crippen molar-refractivity contribution in [1.82, 2.24) is 14.8 Å². The number of thioether (sulfide) groups is 1. The summed E-state index contributed by atoms with van der Waals surface area (Å²) in [5, 5.41) is 9.10. The molecule has 0 amide bonds. The van der Waals surface area contributed by atoms with E-state index in [-0.39, 0.29) is 0 Å². The van der Waals surface area contributed by atoms with Crippen molar-refractivity contribution >= 4 is 11.8 Å². The number of rotatable bonds is 8. The van der Waals surface area contributed by atoms with Gasteiger partial charge in [-0.15, -0.1) is 10.2 Å². The SMILES string of the molecule is COc1ccccc1OCCSc1nnc(C)n1CCN. The number of hydrogen-bond acceptors (Lipinski definition) is 6. The van der Waals surface area contributed by atoms with E-state index in [0.29, 0.717) is 13.2 Å². The second kappa shape index (κ2) is 7.90. The van der Waals surface area contributed by atoms with Gasteiger partial charge in [-0.3, -0.25) is 0 Å². The zero-order valence-corrected chi connectivity index (χ0v) is 13.1. The Morgan fingerprint density at radius 3 is 2.71 bits per heavy atom. The summed E-state index contributed by atoms with van der Waals surface area (Å²) in [6.07, 6.45) is 0. The van der Waals surface area contributed by atoms with Crippen molar-refractivity contribution in [2.24, 2.45) is 5.73 Å². The Labute approximate surface area is 128 Å². The quantitative estimate of drug-likeness (QED) is 0.591. The number of para-hydroxylation sites is 2. The highest BCUT2D eigenvalue weighted by molar-refractivity contribution is 7.99. The molecular formula is C14H20N4O2S. The third kappa shape index (κ3) is 4.12. The lowest BCUT2D eigenvalue weighted by atomic mass is 10.3. The molecule has 0 saturated heterocycles. The van der Waals surface area contributed by atoms with Crippen LogP contribution in [0.15, 0.2) is 29.4 Å². The molecule has 7 heteroatoms. The largest absolute Gasteiger partial charge is 0.493 e. The van der Waals surface area contributed by atoms with Crippen LogP contribution in [-0.2, 0) is 6.54 Å². The molecule has 0 aliphatic rings. The van der Waals surface area contributed by atoms with E-state index < -0.39 is 0 Å². The van der Waals surface area contributed by atoms with Crippen molar-refractivity contribution < 1.29 is 9.47 Å². The van der Waals surface area contributed by atoms with Gasteiger partial charge in [0, 0.05) is 18.8 Å². The van der Waals surface area contributed by atoms with Crippen molar-refractivity contribution in [3.63, 3.8) is 0 Å². The molecule has 114 valence electrons. The second-order valence-electron chi connectivity index (χ2n) is 4.32. The minimum atomic E-state index is 0.569. The average molecular weight is 308 g/mol. The van der Waals surface area contributed by atoms with Crippen LogP contribution in [0.3, 0.4) is 0 Å². The number of aryl methyl sites for hydroxylation is 1. The van der Waals surface area contributed by atoms with Crippen molar-refractivity contribution in [2.75, 3.05) is 26.0 Å². The smallest absolute Gasteiger partial charge is 0.191 e. The van der Waals surface area contributed by atoms with Crippen molar-refractivity contribution in [1.29, 1.82) is 0 Å². The topological polar surface area (TPSA) is 75.2 Å². The van der Waals surface area contributed by atoms with E-state index in [1.807, 2.05) is 35.8 Å². The maximum Gasteiger partial charge on any atom is 0.191 e. The zero-order chi connectivity index (χ0) is 15.1. The van der Waals surface area contributed by atoms with Crippen LogP contribution in [0.1, 0.15) is 5.82 Å². The number of hydrogen-bond donors (Lipinski definition) is 1. The lowest BCUT2D eigenvalue weighted by Gasteiger charge is -2.10. The van der Waals surface area contributed by atoms with Gasteiger partial charge in [-0.1, -0.05) is 23.9 Å². The Bertz CT molecular complexity index is 574. The van der Waals surface area contributed by atoms with Crippen LogP contribution in [0.4, 0.5) is 0 Å². The lowest BCUT2D eigenvalue weighted by molar-refractivity contribution is 0.313. The molecule has 0 fully saturated rings. The standard InChI is InChI=1S/C14H20N4O2S/c1-11-16-17-14(18(11)8-7-15)21-10-9-20-13-6-4-3-5-12(13)19-2/h3-6H,7-10,15H2,1-2H3. The summed E-state index contributed by atoms with van der Waals surface area (Å²) < 4.78 is 13.0. The first-order valence-corrected chi connectivity index (χ1v) is 7.73. The van der Waals surface area contributed by atoms with Gasteiger partial charge in [0.25, 0.3) is 0 Å². The van der Waals surface area contributed by atoms with Crippen LogP contribution in [0.2, 0.25) is 0 Å². The Morgan fingerprint density at radius 2 is 2.00 bits per heavy atom. The number of benzene rings is 1. The maximum atomic E-state index is 5.73. The molecule has 0 saturated carbocycles. The highest BCUT2D eigenvalue weighted by Gasteiger charge is 2.09. The molecular weight excluding hydrogens is 288 g/mol. The van der Waals surface area contributed by atoms with Crippen LogP contribution in [0.25, 0.3) is 0 Å².